The zero-order chi connectivity index (χ0) is 14.9. The summed E-state index contributed by atoms with van der Waals surface area (Å²) in [6.45, 7) is 3.01. The van der Waals surface area contributed by atoms with Crippen molar-refractivity contribution in [2.24, 2.45) is 0 Å². The van der Waals surface area contributed by atoms with Crippen LogP contribution in [-0.4, -0.2) is 29.8 Å². The average molecular weight is 322 g/mol. The highest BCUT2D eigenvalue weighted by molar-refractivity contribution is 7.99. The zero-order valence-electron chi connectivity index (χ0n) is 13.1. The van der Waals surface area contributed by atoms with E-state index in [4.69, 9.17) is 11.6 Å². The van der Waals surface area contributed by atoms with Gasteiger partial charge in [-0.25, -0.2) is 0 Å². The number of halogens is 1. The Bertz CT molecular complexity index is 215. The molecule has 0 fully saturated rings. The van der Waals surface area contributed by atoms with Gasteiger partial charge >= 0.3 is 0 Å². The average Bonchev–Trinajstić information content (AvgIpc) is 2.47. The third kappa shape index (κ3) is 16.2. The van der Waals surface area contributed by atoms with E-state index in [1.165, 1.54) is 70.0 Å². The van der Waals surface area contributed by atoms with Crippen LogP contribution in [0.1, 0.15) is 71.1 Å². The van der Waals surface area contributed by atoms with E-state index < -0.39 is 0 Å². The Kier molecular flexibility index (Phi) is 17.3. The minimum absolute atomic E-state index is 0.0637. The first-order valence-corrected chi connectivity index (χ1v) is 9.90. The van der Waals surface area contributed by atoms with Crippen LogP contribution in [0.4, 0.5) is 0 Å². The summed E-state index contributed by atoms with van der Waals surface area (Å²) in [4.78, 5) is 10.9. The molecular formula is C16H32ClNOS. The van der Waals surface area contributed by atoms with Crippen LogP contribution in [0.2, 0.25) is 0 Å². The fourth-order valence-electron chi connectivity index (χ4n) is 2.10. The molecule has 1 amide bonds. The molecule has 0 radical (unpaired) electrons. The van der Waals surface area contributed by atoms with Crippen LogP contribution in [0.25, 0.3) is 0 Å². The van der Waals surface area contributed by atoms with Crippen molar-refractivity contribution in [2.45, 2.75) is 71.1 Å². The lowest BCUT2D eigenvalue weighted by molar-refractivity contribution is -0.118. The highest BCUT2D eigenvalue weighted by Gasteiger charge is 1.97. The van der Waals surface area contributed by atoms with Gasteiger partial charge in [-0.2, -0.15) is 11.8 Å². The summed E-state index contributed by atoms with van der Waals surface area (Å²) in [5, 5.41) is 2.78. The molecule has 0 rings (SSSR count). The Morgan fingerprint density at radius 3 is 2.00 bits per heavy atom. The molecule has 2 nitrogen and oxygen atoms in total. The summed E-state index contributed by atoms with van der Waals surface area (Å²) in [6, 6.07) is 0. The lowest BCUT2D eigenvalue weighted by Crippen LogP contribution is -2.26. The Morgan fingerprint density at radius 1 is 0.900 bits per heavy atom. The lowest BCUT2D eigenvalue weighted by atomic mass is 10.1. The molecule has 0 aromatic heterocycles. The van der Waals surface area contributed by atoms with Crippen molar-refractivity contribution < 1.29 is 4.79 Å². The number of rotatable bonds is 15. The van der Waals surface area contributed by atoms with E-state index >= 15 is 0 Å². The van der Waals surface area contributed by atoms with Crippen LogP contribution in [0.3, 0.4) is 0 Å². The first kappa shape index (κ1) is 20.1. The maximum atomic E-state index is 10.9. The second-order valence-corrected chi connectivity index (χ2v) is 6.77. The highest BCUT2D eigenvalue weighted by Crippen LogP contribution is 2.12. The Hall–Kier alpha value is 0.110. The van der Waals surface area contributed by atoms with E-state index in [1.54, 1.807) is 0 Å². The number of thioether (sulfide) groups is 1. The number of alkyl halides is 1. The third-order valence-corrected chi connectivity index (χ3v) is 4.65. The van der Waals surface area contributed by atoms with Gasteiger partial charge in [-0.1, -0.05) is 64.7 Å². The Balaban J connectivity index is 2.97. The number of amides is 1. The quantitative estimate of drug-likeness (QED) is 0.340. The number of hydrogen-bond donors (Lipinski definition) is 1. The number of hydrogen-bond acceptors (Lipinski definition) is 2. The van der Waals surface area contributed by atoms with Crippen LogP contribution < -0.4 is 5.32 Å². The van der Waals surface area contributed by atoms with Crippen LogP contribution in [0.15, 0.2) is 0 Å². The Labute approximate surface area is 134 Å². The first-order chi connectivity index (χ1) is 9.81. The van der Waals surface area contributed by atoms with Gasteiger partial charge in [0.2, 0.25) is 5.91 Å². The van der Waals surface area contributed by atoms with Crippen LogP contribution in [0, 0.1) is 0 Å². The molecule has 0 atom stereocenters. The molecule has 0 aliphatic rings. The van der Waals surface area contributed by atoms with Crippen molar-refractivity contribution in [2.75, 3.05) is 23.9 Å². The van der Waals surface area contributed by atoms with Gasteiger partial charge in [-0.05, 0) is 12.2 Å². The SMILES string of the molecule is CCCCCCCCCCCCSCCNC(=O)CCl. The minimum Gasteiger partial charge on any atom is -0.354 e. The van der Waals surface area contributed by atoms with E-state index in [-0.39, 0.29) is 11.8 Å². The van der Waals surface area contributed by atoms with E-state index in [9.17, 15) is 4.79 Å². The molecule has 0 aliphatic heterocycles. The smallest absolute Gasteiger partial charge is 0.234 e. The van der Waals surface area contributed by atoms with Crippen molar-refractivity contribution >= 4 is 29.3 Å². The summed E-state index contributed by atoms with van der Waals surface area (Å²) < 4.78 is 0. The maximum Gasteiger partial charge on any atom is 0.234 e. The van der Waals surface area contributed by atoms with Crippen molar-refractivity contribution in [1.82, 2.24) is 5.32 Å². The molecule has 0 heterocycles. The van der Waals surface area contributed by atoms with E-state index in [0.29, 0.717) is 0 Å². The standard InChI is InChI=1S/C16H32ClNOS/c1-2-3-4-5-6-7-8-9-10-11-13-20-14-12-18-16(19)15-17/h2-15H2,1H3,(H,18,19). The van der Waals surface area contributed by atoms with Crippen molar-refractivity contribution in [1.29, 1.82) is 0 Å². The minimum atomic E-state index is -0.0637. The molecule has 0 bridgehead atoms. The van der Waals surface area contributed by atoms with Gasteiger partial charge in [0.25, 0.3) is 0 Å². The molecular weight excluding hydrogens is 290 g/mol. The summed E-state index contributed by atoms with van der Waals surface area (Å²) in [5.74, 6) is 2.22. The molecule has 0 spiro atoms. The Morgan fingerprint density at radius 2 is 1.45 bits per heavy atom. The molecule has 0 aromatic carbocycles. The maximum absolute atomic E-state index is 10.9. The number of unbranched alkanes of at least 4 members (excludes halogenated alkanes) is 9. The fraction of sp³-hybridized carbons (Fsp3) is 0.938. The molecule has 1 N–H and O–H groups in total. The summed E-state index contributed by atoms with van der Waals surface area (Å²) in [7, 11) is 0. The van der Waals surface area contributed by atoms with Gasteiger partial charge in [0.05, 0.1) is 0 Å². The predicted octanol–water partition coefficient (Wildman–Crippen LogP) is 5.00. The second kappa shape index (κ2) is 17.2. The molecule has 0 aromatic rings. The van der Waals surface area contributed by atoms with E-state index in [1.807, 2.05) is 11.8 Å². The van der Waals surface area contributed by atoms with Gasteiger partial charge in [0, 0.05) is 12.3 Å². The second-order valence-electron chi connectivity index (χ2n) is 5.28. The highest BCUT2D eigenvalue weighted by atomic mass is 35.5. The van der Waals surface area contributed by atoms with Gasteiger partial charge in [0.15, 0.2) is 0 Å². The third-order valence-electron chi connectivity index (χ3n) is 3.33. The number of nitrogens with one attached hydrogen (secondary N) is 1. The first-order valence-electron chi connectivity index (χ1n) is 8.21. The van der Waals surface area contributed by atoms with Gasteiger partial charge in [-0.3, -0.25) is 4.79 Å². The molecule has 20 heavy (non-hydrogen) atoms. The fourth-order valence-corrected chi connectivity index (χ4v) is 3.06. The summed E-state index contributed by atoms with van der Waals surface area (Å²) >= 11 is 7.32. The van der Waals surface area contributed by atoms with Crippen LogP contribution >= 0.6 is 23.4 Å². The van der Waals surface area contributed by atoms with Crippen molar-refractivity contribution in [3.05, 3.63) is 0 Å². The largest absolute Gasteiger partial charge is 0.354 e. The van der Waals surface area contributed by atoms with Gasteiger partial charge in [0.1, 0.15) is 5.88 Å². The van der Waals surface area contributed by atoms with Crippen LogP contribution in [0.5, 0.6) is 0 Å². The topological polar surface area (TPSA) is 29.1 Å². The molecule has 120 valence electrons. The van der Waals surface area contributed by atoms with Crippen molar-refractivity contribution in [3.8, 4) is 0 Å². The number of carbonyl (C=O) groups is 1. The molecule has 0 saturated carbocycles. The van der Waals surface area contributed by atoms with Gasteiger partial charge in [-0.15, -0.1) is 11.6 Å². The predicted molar refractivity (Wildman–Crippen MR) is 92.9 cm³/mol. The number of carbonyl (C=O) groups excluding carboxylic acids is 1. The lowest BCUT2D eigenvalue weighted by Gasteiger charge is -2.04. The zero-order valence-corrected chi connectivity index (χ0v) is 14.7. The van der Waals surface area contributed by atoms with Crippen LogP contribution in [-0.2, 0) is 4.79 Å². The summed E-state index contributed by atoms with van der Waals surface area (Å²) in [5.41, 5.74) is 0. The van der Waals surface area contributed by atoms with E-state index in [0.717, 1.165) is 12.3 Å². The molecule has 0 saturated heterocycles. The summed E-state index contributed by atoms with van der Waals surface area (Å²) in [6.07, 6.45) is 13.9. The monoisotopic (exact) mass is 321 g/mol. The molecule has 0 unspecified atom stereocenters. The van der Waals surface area contributed by atoms with Gasteiger partial charge < -0.3 is 5.32 Å². The van der Waals surface area contributed by atoms with Crippen molar-refractivity contribution in [3.63, 3.8) is 0 Å². The normalized spacial score (nSPS) is 10.7. The molecule has 4 heteroatoms. The molecule has 0 aliphatic carbocycles. The van der Waals surface area contributed by atoms with E-state index in [2.05, 4.69) is 12.2 Å².